The van der Waals surface area contributed by atoms with Crippen molar-refractivity contribution in [3.63, 3.8) is 0 Å². The first kappa shape index (κ1) is 19.7. The number of hydrogen-bond acceptors (Lipinski definition) is 5. The third-order valence-electron chi connectivity index (χ3n) is 4.92. The van der Waals surface area contributed by atoms with E-state index in [4.69, 9.17) is 4.74 Å². The molecule has 1 aromatic heterocycles. The Kier molecular flexibility index (Phi) is 6.13. The number of ether oxygens (including phenoxy) is 1. The van der Waals surface area contributed by atoms with E-state index < -0.39 is 0 Å². The van der Waals surface area contributed by atoms with Crippen molar-refractivity contribution in [3.8, 4) is 0 Å². The van der Waals surface area contributed by atoms with Gasteiger partial charge in [0.25, 0.3) is 5.91 Å². The van der Waals surface area contributed by atoms with Crippen molar-refractivity contribution in [3.05, 3.63) is 53.3 Å². The molecule has 7 nitrogen and oxygen atoms in total. The first-order valence-corrected chi connectivity index (χ1v) is 9.48. The minimum absolute atomic E-state index is 0.192. The van der Waals surface area contributed by atoms with Crippen LogP contribution < -0.4 is 10.2 Å². The Hall–Kier alpha value is -3.09. The van der Waals surface area contributed by atoms with E-state index in [1.807, 2.05) is 38.1 Å². The Morgan fingerprint density at radius 2 is 1.82 bits per heavy atom. The molecule has 1 saturated heterocycles. The Morgan fingerprint density at radius 1 is 1.07 bits per heavy atom. The quantitative estimate of drug-likeness (QED) is 0.879. The Labute approximate surface area is 165 Å². The monoisotopic (exact) mass is 382 g/mol. The van der Waals surface area contributed by atoms with Crippen LogP contribution in [0, 0.1) is 13.8 Å². The van der Waals surface area contributed by atoms with Gasteiger partial charge in [-0.1, -0.05) is 6.07 Å². The molecule has 1 aliphatic heterocycles. The Balaban J connectivity index is 1.64. The van der Waals surface area contributed by atoms with Gasteiger partial charge in [0.15, 0.2) is 0 Å². The zero-order valence-electron chi connectivity index (χ0n) is 16.6. The van der Waals surface area contributed by atoms with Gasteiger partial charge in [0.1, 0.15) is 0 Å². The van der Waals surface area contributed by atoms with Crippen LogP contribution in [0.4, 0.5) is 16.2 Å². The molecule has 1 aliphatic rings. The number of nitrogens with zero attached hydrogens (tertiary/aromatic N) is 3. The smallest absolute Gasteiger partial charge is 0.409 e. The van der Waals surface area contributed by atoms with Gasteiger partial charge >= 0.3 is 6.09 Å². The van der Waals surface area contributed by atoms with E-state index in [9.17, 15) is 9.59 Å². The molecule has 28 heavy (non-hydrogen) atoms. The number of aromatic nitrogens is 1. The first-order valence-electron chi connectivity index (χ1n) is 9.48. The normalized spacial score (nSPS) is 14.0. The molecule has 1 N–H and O–H groups in total. The van der Waals surface area contributed by atoms with Crippen LogP contribution in [0.1, 0.15) is 28.4 Å². The topological polar surface area (TPSA) is 74.8 Å². The fraction of sp³-hybridized carbons (Fsp3) is 0.381. The third-order valence-corrected chi connectivity index (χ3v) is 4.92. The van der Waals surface area contributed by atoms with Crippen LogP contribution in [0.5, 0.6) is 0 Å². The number of piperazine rings is 1. The number of amides is 2. The van der Waals surface area contributed by atoms with Gasteiger partial charge in [-0.15, -0.1) is 0 Å². The number of carbonyl (C=O) groups is 2. The molecule has 0 radical (unpaired) electrons. The summed E-state index contributed by atoms with van der Waals surface area (Å²) in [6.45, 7) is 8.73. The number of nitrogens with one attached hydrogen (secondary N) is 1. The summed E-state index contributed by atoms with van der Waals surface area (Å²) in [6, 6.07) is 7.68. The molecular weight excluding hydrogens is 356 g/mol. The van der Waals surface area contributed by atoms with Crippen LogP contribution in [0.3, 0.4) is 0 Å². The van der Waals surface area contributed by atoms with Crippen molar-refractivity contribution in [2.75, 3.05) is 43.0 Å². The Bertz CT molecular complexity index is 860. The molecule has 0 bridgehead atoms. The second-order valence-corrected chi connectivity index (χ2v) is 6.86. The molecule has 2 amide bonds. The molecule has 0 atom stereocenters. The lowest BCUT2D eigenvalue weighted by atomic mass is 10.1. The van der Waals surface area contributed by atoms with Crippen LogP contribution >= 0.6 is 0 Å². The van der Waals surface area contributed by atoms with E-state index in [2.05, 4.69) is 15.2 Å². The highest BCUT2D eigenvalue weighted by molar-refractivity contribution is 6.04. The molecule has 2 heterocycles. The van der Waals surface area contributed by atoms with E-state index in [-0.39, 0.29) is 12.0 Å². The molecule has 0 saturated carbocycles. The number of carbonyl (C=O) groups excluding carboxylic acids is 2. The number of rotatable bonds is 4. The van der Waals surface area contributed by atoms with Crippen LogP contribution in [0.15, 0.2) is 36.7 Å². The highest BCUT2D eigenvalue weighted by atomic mass is 16.6. The zero-order chi connectivity index (χ0) is 20.1. The minimum atomic E-state index is -0.276. The fourth-order valence-electron chi connectivity index (χ4n) is 3.11. The fourth-order valence-corrected chi connectivity index (χ4v) is 3.11. The van der Waals surface area contributed by atoms with Crippen LogP contribution in [0.2, 0.25) is 0 Å². The molecule has 0 spiro atoms. The SMILES string of the molecule is CCOC(=O)N1CCN(c2cncc(C(=O)Nc3ccc(C)c(C)c3)c2)CC1. The zero-order valence-corrected chi connectivity index (χ0v) is 16.6. The molecule has 1 aromatic carbocycles. The van der Waals surface area contributed by atoms with E-state index in [1.54, 1.807) is 24.2 Å². The van der Waals surface area contributed by atoms with Crippen LogP contribution in [-0.4, -0.2) is 54.7 Å². The maximum absolute atomic E-state index is 12.6. The summed E-state index contributed by atoms with van der Waals surface area (Å²) in [5.74, 6) is -0.192. The summed E-state index contributed by atoms with van der Waals surface area (Å²) < 4.78 is 5.05. The van der Waals surface area contributed by atoms with E-state index >= 15 is 0 Å². The first-order chi connectivity index (χ1) is 13.5. The molecule has 0 unspecified atom stereocenters. The molecule has 148 valence electrons. The average molecular weight is 382 g/mol. The summed E-state index contributed by atoms with van der Waals surface area (Å²) in [4.78, 5) is 32.5. The van der Waals surface area contributed by atoms with E-state index in [0.29, 0.717) is 38.3 Å². The number of hydrogen-bond donors (Lipinski definition) is 1. The summed E-state index contributed by atoms with van der Waals surface area (Å²) in [5, 5.41) is 2.93. The molecule has 3 rings (SSSR count). The standard InChI is InChI=1S/C21H26N4O3/c1-4-28-21(27)25-9-7-24(8-10-25)19-12-17(13-22-14-19)20(26)23-18-6-5-15(2)16(3)11-18/h5-6,11-14H,4,7-10H2,1-3H3,(H,23,26). The van der Waals surface area contributed by atoms with Gasteiger partial charge in [-0.2, -0.15) is 0 Å². The summed E-state index contributed by atoms with van der Waals surface area (Å²) in [7, 11) is 0. The summed E-state index contributed by atoms with van der Waals surface area (Å²) in [5.41, 5.74) is 4.45. The minimum Gasteiger partial charge on any atom is -0.450 e. The van der Waals surface area contributed by atoms with Gasteiger partial charge < -0.3 is 19.9 Å². The van der Waals surface area contributed by atoms with Crippen LogP contribution in [-0.2, 0) is 4.74 Å². The van der Waals surface area contributed by atoms with Gasteiger partial charge in [0.2, 0.25) is 0 Å². The Morgan fingerprint density at radius 3 is 2.50 bits per heavy atom. The number of benzene rings is 1. The lowest BCUT2D eigenvalue weighted by molar-refractivity contribution is 0.102. The summed E-state index contributed by atoms with van der Waals surface area (Å²) in [6.07, 6.45) is 3.03. The van der Waals surface area contributed by atoms with Crippen molar-refractivity contribution < 1.29 is 14.3 Å². The third kappa shape index (κ3) is 4.60. The van der Waals surface area contributed by atoms with Gasteiger partial charge in [0.05, 0.1) is 24.1 Å². The van der Waals surface area contributed by atoms with Crippen molar-refractivity contribution >= 4 is 23.4 Å². The number of pyridine rings is 1. The van der Waals surface area contributed by atoms with E-state index in [1.165, 1.54) is 5.56 Å². The highest BCUT2D eigenvalue weighted by Crippen LogP contribution is 2.19. The second kappa shape index (κ2) is 8.73. The predicted octanol–water partition coefficient (Wildman–Crippen LogP) is 3.23. The van der Waals surface area contributed by atoms with Crippen LogP contribution in [0.25, 0.3) is 0 Å². The van der Waals surface area contributed by atoms with Gasteiger partial charge in [-0.25, -0.2) is 4.79 Å². The molecule has 1 fully saturated rings. The lowest BCUT2D eigenvalue weighted by Crippen LogP contribution is -2.49. The molecular formula is C21H26N4O3. The predicted molar refractivity (Wildman–Crippen MR) is 109 cm³/mol. The van der Waals surface area contributed by atoms with Crippen molar-refractivity contribution in [1.82, 2.24) is 9.88 Å². The molecule has 2 aromatic rings. The van der Waals surface area contributed by atoms with Gasteiger partial charge in [-0.05, 0) is 50.1 Å². The molecule has 0 aliphatic carbocycles. The van der Waals surface area contributed by atoms with Crippen molar-refractivity contribution in [1.29, 1.82) is 0 Å². The highest BCUT2D eigenvalue weighted by Gasteiger charge is 2.22. The largest absolute Gasteiger partial charge is 0.450 e. The van der Waals surface area contributed by atoms with Gasteiger partial charge in [0, 0.05) is 38.1 Å². The second-order valence-electron chi connectivity index (χ2n) is 6.86. The van der Waals surface area contributed by atoms with Crippen molar-refractivity contribution in [2.24, 2.45) is 0 Å². The molecule has 7 heteroatoms. The van der Waals surface area contributed by atoms with E-state index in [0.717, 1.165) is 16.9 Å². The number of anilines is 2. The maximum atomic E-state index is 12.6. The lowest BCUT2D eigenvalue weighted by Gasteiger charge is -2.35. The maximum Gasteiger partial charge on any atom is 0.409 e. The number of aryl methyl sites for hydroxylation is 2. The van der Waals surface area contributed by atoms with Crippen molar-refractivity contribution in [2.45, 2.75) is 20.8 Å². The van der Waals surface area contributed by atoms with Gasteiger partial charge in [-0.3, -0.25) is 9.78 Å². The average Bonchev–Trinajstić information content (AvgIpc) is 2.71. The summed E-state index contributed by atoms with van der Waals surface area (Å²) >= 11 is 0.